The molecular formula is C16H25NO2. The zero-order valence-corrected chi connectivity index (χ0v) is 12.0. The van der Waals surface area contributed by atoms with Crippen LogP contribution >= 0.6 is 0 Å². The van der Waals surface area contributed by atoms with E-state index in [2.05, 4.69) is 12.2 Å². The Balaban J connectivity index is 2.26. The van der Waals surface area contributed by atoms with Crippen molar-refractivity contribution in [1.29, 1.82) is 0 Å². The number of phenolic OH excluding ortho intramolecular Hbond substituents is 1. The van der Waals surface area contributed by atoms with Gasteiger partial charge in [-0.1, -0.05) is 44.4 Å². The lowest BCUT2D eigenvalue weighted by Gasteiger charge is -2.13. The van der Waals surface area contributed by atoms with E-state index in [0.29, 0.717) is 12.8 Å². The first-order chi connectivity index (χ1) is 9.13. The number of aromatic hydroxyl groups is 1. The van der Waals surface area contributed by atoms with Crippen molar-refractivity contribution < 1.29 is 9.90 Å². The van der Waals surface area contributed by atoms with Gasteiger partial charge in [-0.25, -0.2) is 0 Å². The topological polar surface area (TPSA) is 49.3 Å². The molecule has 1 aromatic carbocycles. The van der Waals surface area contributed by atoms with Crippen LogP contribution in [0.4, 0.5) is 0 Å². The lowest BCUT2D eigenvalue weighted by molar-refractivity contribution is -0.121. The molecule has 0 aliphatic heterocycles. The highest BCUT2D eigenvalue weighted by molar-refractivity contribution is 5.76. The van der Waals surface area contributed by atoms with Gasteiger partial charge in [0.25, 0.3) is 0 Å². The van der Waals surface area contributed by atoms with Crippen molar-refractivity contribution in [3.05, 3.63) is 29.8 Å². The fraction of sp³-hybridized carbons (Fsp3) is 0.562. The van der Waals surface area contributed by atoms with Crippen LogP contribution in [0, 0.1) is 0 Å². The van der Waals surface area contributed by atoms with Crippen LogP contribution in [-0.2, 0) is 11.2 Å². The zero-order valence-electron chi connectivity index (χ0n) is 12.0. The molecule has 1 rings (SSSR count). The molecule has 0 saturated carbocycles. The Morgan fingerprint density at radius 2 is 2.05 bits per heavy atom. The van der Waals surface area contributed by atoms with Crippen molar-refractivity contribution >= 4 is 5.91 Å². The summed E-state index contributed by atoms with van der Waals surface area (Å²) in [5, 5.41) is 12.6. The first kappa shape index (κ1) is 15.5. The van der Waals surface area contributed by atoms with Gasteiger partial charge < -0.3 is 10.4 Å². The van der Waals surface area contributed by atoms with E-state index in [1.54, 1.807) is 12.1 Å². The molecule has 0 saturated heterocycles. The molecule has 0 aromatic heterocycles. The Morgan fingerprint density at radius 1 is 1.32 bits per heavy atom. The molecule has 0 spiro atoms. The molecule has 2 N–H and O–H groups in total. The van der Waals surface area contributed by atoms with Crippen LogP contribution in [0.25, 0.3) is 0 Å². The van der Waals surface area contributed by atoms with Gasteiger partial charge in [0.1, 0.15) is 5.75 Å². The van der Waals surface area contributed by atoms with E-state index in [1.165, 1.54) is 12.8 Å². The Hall–Kier alpha value is -1.51. The van der Waals surface area contributed by atoms with Gasteiger partial charge in [-0.15, -0.1) is 0 Å². The van der Waals surface area contributed by atoms with E-state index in [-0.39, 0.29) is 17.7 Å². The van der Waals surface area contributed by atoms with Gasteiger partial charge in [-0.2, -0.15) is 0 Å². The van der Waals surface area contributed by atoms with Crippen LogP contribution in [0.5, 0.6) is 5.75 Å². The van der Waals surface area contributed by atoms with Crippen molar-refractivity contribution in [2.24, 2.45) is 0 Å². The summed E-state index contributed by atoms with van der Waals surface area (Å²) < 4.78 is 0. The van der Waals surface area contributed by atoms with Crippen molar-refractivity contribution in [1.82, 2.24) is 5.32 Å². The Bertz CT molecular complexity index is 390. The Morgan fingerprint density at radius 3 is 2.74 bits per heavy atom. The van der Waals surface area contributed by atoms with Gasteiger partial charge in [0.15, 0.2) is 0 Å². The summed E-state index contributed by atoms with van der Waals surface area (Å²) in [5.41, 5.74) is 0.830. The first-order valence-corrected chi connectivity index (χ1v) is 7.19. The van der Waals surface area contributed by atoms with Crippen molar-refractivity contribution in [2.75, 3.05) is 0 Å². The maximum absolute atomic E-state index is 11.8. The predicted molar refractivity (Wildman–Crippen MR) is 78.2 cm³/mol. The molecule has 1 aromatic rings. The fourth-order valence-corrected chi connectivity index (χ4v) is 2.09. The molecule has 19 heavy (non-hydrogen) atoms. The highest BCUT2D eigenvalue weighted by atomic mass is 16.3. The second-order valence-electron chi connectivity index (χ2n) is 5.09. The monoisotopic (exact) mass is 263 g/mol. The third-order valence-electron chi connectivity index (χ3n) is 3.26. The second-order valence-corrected chi connectivity index (χ2v) is 5.09. The third kappa shape index (κ3) is 6.27. The maximum Gasteiger partial charge on any atom is 0.220 e. The number of carbonyl (C=O) groups excluding carboxylic acids is 1. The zero-order chi connectivity index (χ0) is 14.1. The van der Waals surface area contributed by atoms with Crippen LogP contribution in [0.15, 0.2) is 24.3 Å². The average molecular weight is 263 g/mol. The number of unbranched alkanes of at least 4 members (excludes halogenated alkanes) is 2. The normalized spacial score (nSPS) is 12.1. The summed E-state index contributed by atoms with van der Waals surface area (Å²) in [5.74, 6) is 0.332. The third-order valence-corrected chi connectivity index (χ3v) is 3.26. The van der Waals surface area contributed by atoms with Crippen LogP contribution < -0.4 is 5.32 Å². The van der Waals surface area contributed by atoms with E-state index in [4.69, 9.17) is 0 Å². The predicted octanol–water partition coefficient (Wildman–Crippen LogP) is 3.41. The number of aryl methyl sites for hydroxylation is 1. The molecule has 3 nitrogen and oxygen atoms in total. The molecule has 0 radical (unpaired) electrons. The molecule has 1 amide bonds. The van der Waals surface area contributed by atoms with E-state index >= 15 is 0 Å². The van der Waals surface area contributed by atoms with Gasteiger partial charge >= 0.3 is 0 Å². The van der Waals surface area contributed by atoms with E-state index in [0.717, 1.165) is 18.4 Å². The second kappa shape index (κ2) is 8.57. The summed E-state index contributed by atoms with van der Waals surface area (Å²) in [4.78, 5) is 11.8. The number of benzene rings is 1. The number of amides is 1. The minimum atomic E-state index is 0.0623. The van der Waals surface area contributed by atoms with Crippen LogP contribution in [-0.4, -0.2) is 17.1 Å². The van der Waals surface area contributed by atoms with E-state index in [9.17, 15) is 9.90 Å². The van der Waals surface area contributed by atoms with Crippen molar-refractivity contribution in [3.63, 3.8) is 0 Å². The number of rotatable bonds is 8. The number of para-hydroxylation sites is 1. The minimum absolute atomic E-state index is 0.0623. The summed E-state index contributed by atoms with van der Waals surface area (Å²) in [6, 6.07) is 7.41. The maximum atomic E-state index is 11.8. The molecule has 1 unspecified atom stereocenters. The standard InChI is InChI=1S/C16H25NO2/c1-3-4-5-8-13(2)17-16(19)12-11-14-9-6-7-10-15(14)18/h6-7,9-10,13,18H,3-5,8,11-12H2,1-2H3,(H,17,19). The van der Waals surface area contributed by atoms with Crippen molar-refractivity contribution in [2.45, 2.75) is 58.4 Å². The van der Waals surface area contributed by atoms with E-state index < -0.39 is 0 Å². The largest absolute Gasteiger partial charge is 0.508 e. The summed E-state index contributed by atoms with van der Waals surface area (Å²) in [6.07, 6.45) is 5.63. The summed E-state index contributed by atoms with van der Waals surface area (Å²) in [7, 11) is 0. The van der Waals surface area contributed by atoms with Gasteiger partial charge in [-0.05, 0) is 31.4 Å². The number of hydrogen-bond acceptors (Lipinski definition) is 2. The number of hydrogen-bond donors (Lipinski definition) is 2. The molecule has 106 valence electrons. The number of nitrogens with one attached hydrogen (secondary N) is 1. The Kier molecular flexibility index (Phi) is 7.01. The lowest BCUT2D eigenvalue weighted by Crippen LogP contribution is -2.32. The van der Waals surface area contributed by atoms with Crippen LogP contribution in [0.1, 0.15) is 51.5 Å². The van der Waals surface area contributed by atoms with E-state index in [1.807, 2.05) is 19.1 Å². The lowest BCUT2D eigenvalue weighted by atomic mass is 10.1. The molecule has 1 atom stereocenters. The molecule has 0 fully saturated rings. The average Bonchev–Trinajstić information content (AvgIpc) is 2.38. The SMILES string of the molecule is CCCCCC(C)NC(=O)CCc1ccccc1O. The molecule has 0 heterocycles. The van der Waals surface area contributed by atoms with Gasteiger partial charge in [0.2, 0.25) is 5.91 Å². The highest BCUT2D eigenvalue weighted by Gasteiger charge is 2.08. The highest BCUT2D eigenvalue weighted by Crippen LogP contribution is 2.17. The minimum Gasteiger partial charge on any atom is -0.508 e. The smallest absolute Gasteiger partial charge is 0.220 e. The number of phenols is 1. The first-order valence-electron chi connectivity index (χ1n) is 7.19. The van der Waals surface area contributed by atoms with Gasteiger partial charge in [0, 0.05) is 12.5 Å². The van der Waals surface area contributed by atoms with Gasteiger partial charge in [-0.3, -0.25) is 4.79 Å². The van der Waals surface area contributed by atoms with Crippen molar-refractivity contribution in [3.8, 4) is 5.75 Å². The molecule has 0 aliphatic rings. The molecular weight excluding hydrogens is 238 g/mol. The summed E-state index contributed by atoms with van der Waals surface area (Å²) >= 11 is 0. The quantitative estimate of drug-likeness (QED) is 0.706. The van der Waals surface area contributed by atoms with Crippen LogP contribution in [0.2, 0.25) is 0 Å². The Labute approximate surface area is 116 Å². The summed E-state index contributed by atoms with van der Waals surface area (Å²) in [6.45, 7) is 4.23. The molecule has 0 bridgehead atoms. The molecule has 0 aliphatic carbocycles. The fourth-order valence-electron chi connectivity index (χ4n) is 2.09. The van der Waals surface area contributed by atoms with Crippen LogP contribution in [0.3, 0.4) is 0 Å². The molecule has 3 heteroatoms. The van der Waals surface area contributed by atoms with Gasteiger partial charge in [0.05, 0.1) is 0 Å². The number of carbonyl (C=O) groups is 1.